The van der Waals surface area contributed by atoms with Crippen LogP contribution in [0, 0.1) is 0 Å². The van der Waals surface area contributed by atoms with Crippen LogP contribution in [0.3, 0.4) is 0 Å². The van der Waals surface area contributed by atoms with Crippen LogP contribution in [0.4, 0.5) is 0 Å². The Hall–Kier alpha value is -0.560. The molecule has 1 fully saturated rings. The van der Waals surface area contributed by atoms with E-state index >= 15 is 0 Å². The predicted octanol–water partition coefficient (Wildman–Crippen LogP) is 3.49. The highest BCUT2D eigenvalue weighted by Crippen LogP contribution is 2.22. The van der Waals surface area contributed by atoms with Crippen molar-refractivity contribution in [2.45, 2.75) is 35.6 Å². The number of hydrogen-bond acceptors (Lipinski definition) is 4. The number of thioether (sulfide) groups is 1. The number of pyridine rings is 1. The second-order valence-corrected chi connectivity index (χ2v) is 8.05. The lowest BCUT2D eigenvalue weighted by Gasteiger charge is -2.19. The molecule has 1 aliphatic rings. The SMILES string of the molecule is O=S(=O)(c1ccc(SC/C=C/Cl)nc1)N1CCCCCC1. The average Bonchev–Trinajstić information content (AvgIpc) is 2.78. The van der Waals surface area contributed by atoms with Crippen molar-refractivity contribution in [1.82, 2.24) is 9.29 Å². The number of sulfonamides is 1. The van der Waals surface area contributed by atoms with Crippen molar-refractivity contribution in [3.8, 4) is 0 Å². The van der Waals surface area contributed by atoms with E-state index in [4.69, 9.17) is 11.6 Å². The van der Waals surface area contributed by atoms with Gasteiger partial charge in [-0.3, -0.25) is 0 Å². The van der Waals surface area contributed by atoms with Gasteiger partial charge in [-0.25, -0.2) is 13.4 Å². The van der Waals surface area contributed by atoms with Gasteiger partial charge in [0.15, 0.2) is 0 Å². The van der Waals surface area contributed by atoms with Gasteiger partial charge in [0, 0.05) is 30.6 Å². The zero-order valence-corrected chi connectivity index (χ0v) is 14.1. The summed E-state index contributed by atoms with van der Waals surface area (Å²) in [5, 5.41) is 0.791. The van der Waals surface area contributed by atoms with Crippen molar-refractivity contribution in [2.75, 3.05) is 18.8 Å². The van der Waals surface area contributed by atoms with Crippen LogP contribution in [-0.2, 0) is 10.0 Å². The largest absolute Gasteiger partial charge is 0.249 e. The molecule has 1 aromatic rings. The molecule has 0 radical (unpaired) electrons. The van der Waals surface area contributed by atoms with Crippen LogP contribution < -0.4 is 0 Å². The zero-order chi connectivity index (χ0) is 15.1. The maximum absolute atomic E-state index is 12.6. The third-order valence-electron chi connectivity index (χ3n) is 3.33. The highest BCUT2D eigenvalue weighted by atomic mass is 35.5. The number of halogens is 1. The van der Waals surface area contributed by atoms with Gasteiger partial charge in [0.2, 0.25) is 10.0 Å². The molecule has 0 atom stereocenters. The maximum atomic E-state index is 12.6. The number of aromatic nitrogens is 1. The minimum atomic E-state index is -3.40. The molecule has 1 saturated heterocycles. The van der Waals surface area contributed by atoms with Crippen LogP contribution in [-0.4, -0.2) is 36.5 Å². The van der Waals surface area contributed by atoms with E-state index in [1.54, 1.807) is 16.4 Å². The normalized spacial score (nSPS) is 18.0. The van der Waals surface area contributed by atoms with E-state index in [2.05, 4.69) is 4.98 Å². The third-order valence-corrected chi connectivity index (χ3v) is 6.29. The Morgan fingerprint density at radius 2 is 1.95 bits per heavy atom. The summed E-state index contributed by atoms with van der Waals surface area (Å²) in [5.74, 6) is 0.717. The molecule has 0 bridgehead atoms. The van der Waals surface area contributed by atoms with Gasteiger partial charge >= 0.3 is 0 Å². The van der Waals surface area contributed by atoms with E-state index in [-0.39, 0.29) is 4.90 Å². The van der Waals surface area contributed by atoms with Crippen molar-refractivity contribution in [2.24, 2.45) is 0 Å². The fourth-order valence-electron chi connectivity index (χ4n) is 2.21. The van der Waals surface area contributed by atoms with Crippen molar-refractivity contribution < 1.29 is 8.42 Å². The maximum Gasteiger partial charge on any atom is 0.244 e. The molecule has 0 saturated carbocycles. The lowest BCUT2D eigenvalue weighted by molar-refractivity contribution is 0.423. The molecule has 1 aromatic heterocycles. The zero-order valence-electron chi connectivity index (χ0n) is 11.7. The first-order valence-electron chi connectivity index (χ1n) is 6.99. The molecule has 4 nitrogen and oxygen atoms in total. The lowest BCUT2D eigenvalue weighted by Crippen LogP contribution is -2.32. The van der Waals surface area contributed by atoms with E-state index in [1.807, 2.05) is 6.08 Å². The second kappa shape index (κ2) is 8.17. The van der Waals surface area contributed by atoms with Gasteiger partial charge in [-0.05, 0) is 25.0 Å². The van der Waals surface area contributed by atoms with Crippen LogP contribution >= 0.6 is 23.4 Å². The fraction of sp³-hybridized carbons (Fsp3) is 0.500. The second-order valence-electron chi connectivity index (χ2n) is 4.82. The van der Waals surface area contributed by atoms with Crippen molar-refractivity contribution >= 4 is 33.4 Å². The predicted molar refractivity (Wildman–Crippen MR) is 87.2 cm³/mol. The minimum Gasteiger partial charge on any atom is -0.249 e. The minimum absolute atomic E-state index is 0.279. The van der Waals surface area contributed by atoms with Crippen molar-refractivity contribution in [3.63, 3.8) is 0 Å². The molecule has 21 heavy (non-hydrogen) atoms. The molecule has 116 valence electrons. The van der Waals surface area contributed by atoms with Crippen LogP contribution in [0.2, 0.25) is 0 Å². The molecule has 1 aliphatic heterocycles. The van der Waals surface area contributed by atoms with Crippen molar-refractivity contribution in [3.05, 3.63) is 29.9 Å². The molecular weight excluding hydrogens is 328 g/mol. The molecule has 0 unspecified atom stereocenters. The highest BCUT2D eigenvalue weighted by Gasteiger charge is 2.25. The number of nitrogens with zero attached hydrogens (tertiary/aromatic N) is 2. The van der Waals surface area contributed by atoms with E-state index < -0.39 is 10.0 Å². The summed E-state index contributed by atoms with van der Waals surface area (Å²) in [6, 6.07) is 3.39. The molecule has 0 amide bonds. The summed E-state index contributed by atoms with van der Waals surface area (Å²) in [6.45, 7) is 1.22. The van der Waals surface area contributed by atoms with Crippen LogP contribution in [0.15, 0.2) is 39.9 Å². The van der Waals surface area contributed by atoms with Crippen LogP contribution in [0.5, 0.6) is 0 Å². The smallest absolute Gasteiger partial charge is 0.244 e. The summed E-state index contributed by atoms with van der Waals surface area (Å²) >= 11 is 6.97. The Balaban J connectivity index is 2.08. The molecule has 0 aromatic carbocycles. The summed E-state index contributed by atoms with van der Waals surface area (Å²) < 4.78 is 26.7. The van der Waals surface area contributed by atoms with Crippen molar-refractivity contribution in [1.29, 1.82) is 0 Å². The Kier molecular flexibility index (Phi) is 6.54. The monoisotopic (exact) mass is 346 g/mol. The van der Waals surface area contributed by atoms with Gasteiger partial charge in [-0.2, -0.15) is 4.31 Å². The first kappa shape index (κ1) is 16.8. The number of rotatable bonds is 5. The molecular formula is C14H19ClN2O2S2. The Morgan fingerprint density at radius 3 is 2.52 bits per heavy atom. The molecule has 0 spiro atoms. The third kappa shape index (κ3) is 4.71. The standard InChI is InChI=1S/C14H19ClN2O2S2/c15-8-5-11-20-14-7-6-13(12-16-14)21(18,19)17-9-3-1-2-4-10-17/h5-8,12H,1-4,9-11H2/b8-5+. The quantitative estimate of drug-likeness (QED) is 0.766. The van der Waals surface area contributed by atoms with Crippen LogP contribution in [0.25, 0.3) is 0 Å². The van der Waals surface area contributed by atoms with E-state index in [0.29, 0.717) is 18.8 Å². The van der Waals surface area contributed by atoms with Gasteiger partial charge < -0.3 is 0 Å². The highest BCUT2D eigenvalue weighted by molar-refractivity contribution is 7.99. The summed E-state index contributed by atoms with van der Waals surface area (Å²) in [4.78, 5) is 4.49. The van der Waals surface area contributed by atoms with Gasteiger partial charge in [0.25, 0.3) is 0 Å². The average molecular weight is 347 g/mol. The van der Waals surface area contributed by atoms with Gasteiger partial charge in [0.05, 0.1) is 5.03 Å². The molecule has 0 aliphatic carbocycles. The Bertz CT molecular complexity index is 565. The fourth-order valence-corrected chi connectivity index (χ4v) is 4.52. The molecule has 7 heteroatoms. The Labute approximate surface area is 135 Å². The van der Waals surface area contributed by atoms with Crippen LogP contribution in [0.1, 0.15) is 25.7 Å². The topological polar surface area (TPSA) is 50.3 Å². The van der Waals surface area contributed by atoms with E-state index in [1.165, 1.54) is 23.5 Å². The first-order chi connectivity index (χ1) is 10.1. The first-order valence-corrected chi connectivity index (χ1v) is 9.85. The molecule has 0 N–H and O–H groups in total. The van der Waals surface area contributed by atoms with Gasteiger partial charge in [-0.15, -0.1) is 11.8 Å². The molecule has 2 rings (SSSR count). The number of hydrogen-bond donors (Lipinski definition) is 0. The lowest BCUT2D eigenvalue weighted by atomic mass is 10.2. The van der Waals surface area contributed by atoms with Gasteiger partial charge in [0.1, 0.15) is 4.90 Å². The summed E-state index contributed by atoms with van der Waals surface area (Å²) in [6.07, 6.45) is 7.35. The summed E-state index contributed by atoms with van der Waals surface area (Å²) in [7, 11) is -3.40. The van der Waals surface area contributed by atoms with E-state index in [9.17, 15) is 8.42 Å². The van der Waals surface area contributed by atoms with Gasteiger partial charge in [-0.1, -0.05) is 30.5 Å². The Morgan fingerprint density at radius 1 is 1.24 bits per heavy atom. The molecule has 2 heterocycles. The summed E-state index contributed by atoms with van der Waals surface area (Å²) in [5.41, 5.74) is 1.46. The van der Waals surface area contributed by atoms with E-state index in [0.717, 1.165) is 30.7 Å².